The summed E-state index contributed by atoms with van der Waals surface area (Å²) in [5, 5.41) is 20.6. The van der Waals surface area contributed by atoms with E-state index in [2.05, 4.69) is 15.0 Å². The van der Waals surface area contributed by atoms with Crippen LogP contribution in [0.2, 0.25) is 0 Å². The van der Waals surface area contributed by atoms with Crippen LogP contribution in [0.4, 0.5) is 11.5 Å². The van der Waals surface area contributed by atoms with Gasteiger partial charge in [-0.1, -0.05) is 18.2 Å². The molecule has 0 saturated carbocycles. The van der Waals surface area contributed by atoms with Crippen LogP contribution in [0.25, 0.3) is 12.2 Å². The van der Waals surface area contributed by atoms with Gasteiger partial charge in [0.05, 0.1) is 11.1 Å². The molecule has 2 heterocycles. The summed E-state index contributed by atoms with van der Waals surface area (Å²) < 4.78 is 5.14. The highest BCUT2D eigenvalue weighted by Gasteiger charge is 2.09. The molecule has 3 rings (SSSR count). The zero-order chi connectivity index (χ0) is 18.5. The van der Waals surface area contributed by atoms with Crippen molar-refractivity contribution in [3.8, 4) is 5.95 Å². The van der Waals surface area contributed by atoms with E-state index in [0.717, 1.165) is 5.69 Å². The van der Waals surface area contributed by atoms with Crippen LogP contribution in [0.15, 0.2) is 51.9 Å². The average Bonchev–Trinajstić information content (AvgIpc) is 2.98. The fourth-order valence-electron chi connectivity index (χ4n) is 2.13. The molecule has 0 saturated heterocycles. The predicted octanol–water partition coefficient (Wildman–Crippen LogP) is 3.91. The second-order valence-electron chi connectivity index (χ2n) is 5.32. The van der Waals surface area contributed by atoms with Gasteiger partial charge in [0.1, 0.15) is 0 Å². The number of oxazole rings is 1. The van der Waals surface area contributed by atoms with Crippen molar-refractivity contribution in [2.24, 2.45) is 4.99 Å². The van der Waals surface area contributed by atoms with Gasteiger partial charge in [-0.15, -0.1) is 0 Å². The van der Waals surface area contributed by atoms with E-state index in [0.29, 0.717) is 11.4 Å². The maximum Gasteiger partial charge on any atom is 0.312 e. The fraction of sp³-hybridized carbons (Fsp3) is 0.0556. The standard InChI is InChI=1S/C18H14N4O4/c1-12-4-2-7-16(20-12)19-11-15-18(23)26-17(21-15)9-8-13-5-3-6-14(10-13)22(24)25/h2-11,23H,1H3/b9-8?,19-11+. The largest absolute Gasteiger partial charge is 0.479 e. The monoisotopic (exact) mass is 350 g/mol. The molecule has 0 amide bonds. The molecule has 0 fully saturated rings. The Kier molecular flexibility index (Phi) is 4.84. The molecule has 0 spiro atoms. The Bertz CT molecular complexity index is 1010. The molecule has 0 bridgehead atoms. The Morgan fingerprint density at radius 2 is 2.00 bits per heavy atom. The number of aryl methyl sites for hydroxylation is 1. The first-order chi connectivity index (χ1) is 12.5. The van der Waals surface area contributed by atoms with Gasteiger partial charge in [-0.2, -0.15) is 0 Å². The number of aliphatic imine (C=N–C) groups is 1. The van der Waals surface area contributed by atoms with E-state index in [4.69, 9.17) is 4.42 Å². The first kappa shape index (κ1) is 17.0. The minimum absolute atomic E-state index is 0.0131. The van der Waals surface area contributed by atoms with Crippen LogP contribution in [0.1, 0.15) is 22.8 Å². The van der Waals surface area contributed by atoms with Crippen molar-refractivity contribution in [1.82, 2.24) is 9.97 Å². The number of nitro benzene ring substituents is 1. The van der Waals surface area contributed by atoms with Gasteiger partial charge in [0, 0.05) is 23.9 Å². The SMILES string of the molecule is Cc1cccc(/N=C/c2nc(C=Cc3cccc([N+](=O)[O-])c3)oc2O)n1. The molecular formula is C18H14N4O4. The van der Waals surface area contributed by atoms with Crippen molar-refractivity contribution < 1.29 is 14.4 Å². The molecular weight excluding hydrogens is 336 g/mol. The number of nitro groups is 1. The zero-order valence-electron chi connectivity index (χ0n) is 13.7. The van der Waals surface area contributed by atoms with Crippen LogP contribution in [0.3, 0.4) is 0 Å². The van der Waals surface area contributed by atoms with Crippen LogP contribution in [-0.2, 0) is 0 Å². The average molecular weight is 350 g/mol. The Morgan fingerprint density at radius 1 is 1.19 bits per heavy atom. The quantitative estimate of drug-likeness (QED) is 0.424. The summed E-state index contributed by atoms with van der Waals surface area (Å²) in [6.45, 7) is 1.85. The molecule has 0 atom stereocenters. The van der Waals surface area contributed by atoms with E-state index in [1.807, 2.05) is 19.1 Å². The molecule has 130 valence electrons. The summed E-state index contributed by atoms with van der Waals surface area (Å²) in [5.41, 5.74) is 1.58. The molecule has 8 nitrogen and oxygen atoms in total. The van der Waals surface area contributed by atoms with Crippen LogP contribution >= 0.6 is 0 Å². The van der Waals surface area contributed by atoms with E-state index >= 15 is 0 Å². The topological polar surface area (TPSA) is 115 Å². The van der Waals surface area contributed by atoms with Crippen molar-refractivity contribution in [3.63, 3.8) is 0 Å². The van der Waals surface area contributed by atoms with Gasteiger partial charge in [0.15, 0.2) is 11.5 Å². The fourth-order valence-corrected chi connectivity index (χ4v) is 2.13. The Labute approximate surface area is 148 Å². The summed E-state index contributed by atoms with van der Waals surface area (Å²) in [4.78, 5) is 22.8. The summed E-state index contributed by atoms with van der Waals surface area (Å²) >= 11 is 0. The van der Waals surface area contributed by atoms with Crippen LogP contribution in [0.5, 0.6) is 5.95 Å². The molecule has 0 aliphatic rings. The number of hydrogen-bond acceptors (Lipinski definition) is 7. The second kappa shape index (κ2) is 7.39. The van der Waals surface area contributed by atoms with E-state index in [1.165, 1.54) is 24.4 Å². The molecule has 26 heavy (non-hydrogen) atoms. The van der Waals surface area contributed by atoms with Crippen molar-refractivity contribution >= 4 is 29.9 Å². The van der Waals surface area contributed by atoms with Gasteiger partial charge in [0.25, 0.3) is 5.69 Å². The van der Waals surface area contributed by atoms with Crippen LogP contribution in [0, 0.1) is 17.0 Å². The number of non-ortho nitro benzene ring substituents is 1. The minimum atomic E-state index is -0.470. The number of hydrogen-bond donors (Lipinski definition) is 1. The second-order valence-corrected chi connectivity index (χ2v) is 5.32. The summed E-state index contributed by atoms with van der Waals surface area (Å²) in [6, 6.07) is 11.5. The molecule has 8 heteroatoms. The van der Waals surface area contributed by atoms with Crippen LogP contribution in [-0.4, -0.2) is 26.2 Å². The lowest BCUT2D eigenvalue weighted by Crippen LogP contribution is -1.87. The van der Waals surface area contributed by atoms with Crippen molar-refractivity contribution in [2.75, 3.05) is 0 Å². The van der Waals surface area contributed by atoms with Gasteiger partial charge in [0.2, 0.25) is 5.89 Å². The van der Waals surface area contributed by atoms with Crippen molar-refractivity contribution in [1.29, 1.82) is 0 Å². The number of benzene rings is 1. The lowest BCUT2D eigenvalue weighted by molar-refractivity contribution is -0.384. The van der Waals surface area contributed by atoms with Crippen molar-refractivity contribution in [2.45, 2.75) is 6.92 Å². The normalized spacial score (nSPS) is 11.4. The Balaban J connectivity index is 1.77. The first-order valence-corrected chi connectivity index (χ1v) is 7.61. The lowest BCUT2D eigenvalue weighted by Gasteiger charge is -1.93. The summed E-state index contributed by atoms with van der Waals surface area (Å²) in [7, 11) is 0. The highest BCUT2D eigenvalue weighted by molar-refractivity contribution is 5.82. The van der Waals surface area contributed by atoms with E-state index in [9.17, 15) is 15.2 Å². The smallest absolute Gasteiger partial charge is 0.312 e. The van der Waals surface area contributed by atoms with Crippen LogP contribution < -0.4 is 0 Å². The van der Waals surface area contributed by atoms with E-state index < -0.39 is 4.92 Å². The highest BCUT2D eigenvalue weighted by atomic mass is 16.6. The molecule has 0 radical (unpaired) electrons. The maximum atomic E-state index is 10.8. The lowest BCUT2D eigenvalue weighted by atomic mass is 10.2. The van der Waals surface area contributed by atoms with Gasteiger partial charge in [-0.3, -0.25) is 10.1 Å². The Hall–Kier alpha value is -3.81. The molecule has 0 unspecified atom stereocenters. The van der Waals surface area contributed by atoms with Gasteiger partial charge in [-0.25, -0.2) is 15.0 Å². The third-order valence-electron chi connectivity index (χ3n) is 3.34. The molecule has 3 aromatic rings. The van der Waals surface area contributed by atoms with E-state index in [-0.39, 0.29) is 23.2 Å². The van der Waals surface area contributed by atoms with Crippen molar-refractivity contribution in [3.05, 3.63) is 75.4 Å². The van der Waals surface area contributed by atoms with Gasteiger partial charge >= 0.3 is 5.95 Å². The number of pyridine rings is 1. The molecule has 0 aliphatic heterocycles. The maximum absolute atomic E-state index is 10.8. The first-order valence-electron chi connectivity index (χ1n) is 7.61. The summed E-state index contributed by atoms with van der Waals surface area (Å²) in [6.07, 6.45) is 4.45. The zero-order valence-corrected chi connectivity index (χ0v) is 13.7. The van der Waals surface area contributed by atoms with E-state index in [1.54, 1.807) is 24.3 Å². The third kappa shape index (κ3) is 4.18. The number of aromatic nitrogens is 2. The minimum Gasteiger partial charge on any atom is -0.479 e. The van der Waals surface area contributed by atoms with Gasteiger partial charge in [-0.05, 0) is 30.7 Å². The molecule has 1 aromatic carbocycles. The highest BCUT2D eigenvalue weighted by Crippen LogP contribution is 2.20. The molecule has 1 N–H and O–H groups in total. The molecule has 0 aliphatic carbocycles. The third-order valence-corrected chi connectivity index (χ3v) is 3.34. The number of rotatable bonds is 5. The Morgan fingerprint density at radius 3 is 2.77 bits per heavy atom. The predicted molar refractivity (Wildman–Crippen MR) is 96.4 cm³/mol. The molecule has 2 aromatic heterocycles. The summed E-state index contributed by atoms with van der Waals surface area (Å²) in [5.74, 6) is 0.258. The number of aromatic hydroxyl groups is 1. The van der Waals surface area contributed by atoms with Gasteiger partial charge < -0.3 is 9.52 Å². The number of nitrogens with zero attached hydrogens (tertiary/aromatic N) is 4.